The van der Waals surface area contributed by atoms with Gasteiger partial charge in [-0.05, 0) is 29.2 Å². The third-order valence-electron chi connectivity index (χ3n) is 1.95. The minimum atomic E-state index is -0.722. The lowest BCUT2D eigenvalue weighted by Gasteiger charge is -1.91. The summed E-state index contributed by atoms with van der Waals surface area (Å²) in [4.78, 5) is 10.2. The third-order valence-corrected chi connectivity index (χ3v) is 1.95. The summed E-state index contributed by atoms with van der Waals surface area (Å²) in [5.41, 5.74) is 3.74. The number of rotatable bonds is 3. The van der Waals surface area contributed by atoms with E-state index in [0.717, 1.165) is 0 Å². The highest BCUT2D eigenvalue weighted by Gasteiger charge is 2.16. The Hall–Kier alpha value is -1.31. The molecule has 0 heterocycles. The van der Waals surface area contributed by atoms with E-state index in [-0.39, 0.29) is 6.42 Å². The molecule has 2 aliphatic carbocycles. The van der Waals surface area contributed by atoms with E-state index in [1.807, 2.05) is 12.1 Å². The van der Waals surface area contributed by atoms with Crippen LogP contribution in [-0.2, 0) is 11.2 Å². The van der Waals surface area contributed by atoms with E-state index in [4.69, 9.17) is 5.11 Å². The van der Waals surface area contributed by atoms with Crippen LogP contribution >= 0.6 is 0 Å². The average molecular weight is 148 g/mol. The average Bonchev–Trinajstić information content (AvgIpc) is 2.62. The zero-order chi connectivity index (χ0) is 7.84. The van der Waals surface area contributed by atoms with E-state index in [1.165, 1.54) is 16.7 Å². The van der Waals surface area contributed by atoms with Gasteiger partial charge in [-0.3, -0.25) is 4.79 Å². The van der Waals surface area contributed by atoms with E-state index in [1.54, 1.807) is 0 Å². The Labute approximate surface area is 64.5 Å². The fourth-order valence-corrected chi connectivity index (χ4v) is 1.28. The summed E-state index contributed by atoms with van der Waals surface area (Å²) >= 11 is 0. The van der Waals surface area contributed by atoms with Gasteiger partial charge in [-0.1, -0.05) is 12.1 Å². The first-order valence-electron chi connectivity index (χ1n) is 3.62. The Kier molecular flexibility index (Phi) is 1.22. The van der Waals surface area contributed by atoms with Crippen molar-refractivity contribution in [2.24, 2.45) is 0 Å². The van der Waals surface area contributed by atoms with E-state index in [0.29, 0.717) is 6.42 Å². The molecule has 1 N–H and O–H groups in total. The Morgan fingerprint density at radius 1 is 1.45 bits per heavy atom. The molecule has 2 aliphatic rings. The van der Waals surface area contributed by atoms with E-state index < -0.39 is 5.97 Å². The molecular weight excluding hydrogens is 140 g/mol. The van der Waals surface area contributed by atoms with Gasteiger partial charge < -0.3 is 5.11 Å². The lowest BCUT2D eigenvalue weighted by Crippen LogP contribution is -1.96. The zero-order valence-electron chi connectivity index (χ0n) is 6.00. The number of carboxylic acids is 1. The third kappa shape index (κ3) is 1.11. The van der Waals surface area contributed by atoms with Gasteiger partial charge in [0.25, 0.3) is 0 Å². The van der Waals surface area contributed by atoms with Crippen molar-refractivity contribution in [3.8, 4) is 11.1 Å². The van der Waals surface area contributed by atoms with Crippen LogP contribution in [0.1, 0.15) is 12.0 Å². The van der Waals surface area contributed by atoms with Crippen LogP contribution in [-0.4, -0.2) is 11.1 Å². The van der Waals surface area contributed by atoms with Crippen LogP contribution in [0.2, 0.25) is 0 Å². The van der Waals surface area contributed by atoms with Gasteiger partial charge in [-0.2, -0.15) is 0 Å². The van der Waals surface area contributed by atoms with Crippen LogP contribution < -0.4 is 0 Å². The van der Waals surface area contributed by atoms with Crippen molar-refractivity contribution < 1.29 is 9.90 Å². The molecule has 0 fully saturated rings. The van der Waals surface area contributed by atoms with Gasteiger partial charge in [0, 0.05) is 6.42 Å². The van der Waals surface area contributed by atoms with E-state index in [2.05, 4.69) is 6.07 Å². The molecule has 0 aromatic heterocycles. The second kappa shape index (κ2) is 2.09. The number of aryl methyl sites for hydroxylation is 1. The first kappa shape index (κ1) is 6.40. The van der Waals surface area contributed by atoms with Crippen LogP contribution in [0.25, 0.3) is 11.1 Å². The Balaban J connectivity index is 1.98. The quantitative estimate of drug-likeness (QED) is 0.719. The van der Waals surface area contributed by atoms with Gasteiger partial charge in [0.15, 0.2) is 0 Å². The summed E-state index contributed by atoms with van der Waals surface area (Å²) in [7, 11) is 0. The molecule has 0 saturated carbocycles. The predicted molar refractivity (Wildman–Crippen MR) is 41.4 cm³/mol. The molecule has 11 heavy (non-hydrogen) atoms. The van der Waals surface area contributed by atoms with Gasteiger partial charge in [-0.25, -0.2) is 0 Å². The highest BCUT2D eigenvalue weighted by Crippen LogP contribution is 2.38. The monoisotopic (exact) mass is 148 g/mol. The Morgan fingerprint density at radius 3 is 2.73 bits per heavy atom. The number of fused-ring (bicyclic) bond motifs is 1. The lowest BCUT2D eigenvalue weighted by molar-refractivity contribution is -0.136. The van der Waals surface area contributed by atoms with Crippen molar-refractivity contribution in [1.29, 1.82) is 0 Å². The molecule has 0 spiro atoms. The fourth-order valence-electron chi connectivity index (χ4n) is 1.28. The molecule has 0 atom stereocenters. The molecule has 2 nitrogen and oxygen atoms in total. The van der Waals surface area contributed by atoms with Crippen LogP contribution in [0.4, 0.5) is 0 Å². The van der Waals surface area contributed by atoms with Crippen molar-refractivity contribution in [2.45, 2.75) is 12.8 Å². The zero-order valence-corrected chi connectivity index (χ0v) is 6.00. The highest BCUT2D eigenvalue weighted by atomic mass is 16.4. The maximum absolute atomic E-state index is 10.2. The molecule has 0 unspecified atom stereocenters. The number of hydrogen-bond acceptors (Lipinski definition) is 1. The predicted octanol–water partition coefficient (Wildman–Crippen LogP) is 1.68. The summed E-state index contributed by atoms with van der Waals surface area (Å²) in [5, 5.41) is 8.41. The maximum atomic E-state index is 10.2. The molecule has 0 amide bonds. The van der Waals surface area contributed by atoms with Gasteiger partial charge in [0.2, 0.25) is 0 Å². The first-order chi connectivity index (χ1) is 5.27. The second-order valence-electron chi connectivity index (χ2n) is 2.77. The molecule has 0 bridgehead atoms. The Bertz CT molecular complexity index is 315. The Morgan fingerprint density at radius 2 is 2.27 bits per heavy atom. The summed E-state index contributed by atoms with van der Waals surface area (Å²) in [6, 6.07) is 6.12. The molecule has 0 aliphatic heterocycles. The molecular formula is C9H8O2. The van der Waals surface area contributed by atoms with Gasteiger partial charge in [0.1, 0.15) is 0 Å². The smallest absolute Gasteiger partial charge is 0.303 e. The second-order valence-corrected chi connectivity index (χ2v) is 2.77. The molecule has 2 rings (SSSR count). The number of hydrogen-bond donors (Lipinski definition) is 1. The minimum absolute atomic E-state index is 0.240. The molecule has 0 saturated heterocycles. The number of benzene rings is 1. The molecule has 0 radical (unpaired) electrons. The van der Waals surface area contributed by atoms with E-state index >= 15 is 0 Å². The van der Waals surface area contributed by atoms with Crippen LogP contribution in [0.15, 0.2) is 18.2 Å². The normalized spacial score (nSPS) is 11.3. The summed E-state index contributed by atoms with van der Waals surface area (Å²) in [5.74, 6) is -0.722. The summed E-state index contributed by atoms with van der Waals surface area (Å²) < 4.78 is 0. The molecule has 56 valence electrons. The van der Waals surface area contributed by atoms with Crippen LogP contribution in [0.3, 0.4) is 0 Å². The number of aliphatic carboxylic acids is 1. The van der Waals surface area contributed by atoms with Crippen molar-refractivity contribution in [1.82, 2.24) is 0 Å². The number of carboxylic acid groups (broad SMARTS) is 1. The van der Waals surface area contributed by atoms with Crippen molar-refractivity contribution in [3.63, 3.8) is 0 Å². The topological polar surface area (TPSA) is 37.3 Å². The van der Waals surface area contributed by atoms with Crippen LogP contribution in [0, 0.1) is 0 Å². The highest BCUT2D eigenvalue weighted by molar-refractivity contribution is 5.85. The maximum Gasteiger partial charge on any atom is 0.303 e. The van der Waals surface area contributed by atoms with Crippen molar-refractivity contribution in [3.05, 3.63) is 23.8 Å². The van der Waals surface area contributed by atoms with Gasteiger partial charge in [0.05, 0.1) is 0 Å². The van der Waals surface area contributed by atoms with Crippen LogP contribution in [0.5, 0.6) is 0 Å². The van der Waals surface area contributed by atoms with Gasteiger partial charge in [-0.15, -0.1) is 0 Å². The summed E-state index contributed by atoms with van der Waals surface area (Å²) in [6.07, 6.45) is 0.908. The molecule has 0 aromatic carbocycles. The summed E-state index contributed by atoms with van der Waals surface area (Å²) in [6.45, 7) is 0. The lowest BCUT2D eigenvalue weighted by atomic mass is 10.1. The van der Waals surface area contributed by atoms with E-state index in [9.17, 15) is 4.79 Å². The van der Waals surface area contributed by atoms with Crippen molar-refractivity contribution in [2.75, 3.05) is 0 Å². The first-order valence-corrected chi connectivity index (χ1v) is 3.62. The fraction of sp³-hybridized carbons (Fsp3) is 0.222. The standard InChI is InChI=1S/C9H8O2/c10-9(11)4-3-6-1-2-7-5-8(6)7/h1-2,5H,3-4H2,(H,10,11). The minimum Gasteiger partial charge on any atom is -0.481 e. The largest absolute Gasteiger partial charge is 0.481 e. The molecule has 0 aromatic rings. The number of carbonyl (C=O) groups is 1. The molecule has 2 heteroatoms. The van der Waals surface area contributed by atoms with Gasteiger partial charge >= 0.3 is 5.97 Å². The van der Waals surface area contributed by atoms with Crippen molar-refractivity contribution >= 4 is 5.97 Å². The SMILES string of the molecule is O=C(O)CCc1ccc2cc1-2.